The lowest BCUT2D eigenvalue weighted by Crippen LogP contribution is -2.59. The van der Waals surface area contributed by atoms with Crippen LogP contribution in [0.5, 0.6) is 0 Å². The van der Waals surface area contributed by atoms with Gasteiger partial charge < -0.3 is 10.6 Å². The lowest BCUT2D eigenvalue weighted by Gasteiger charge is -2.23. The molecule has 0 unspecified atom stereocenters. The van der Waals surface area contributed by atoms with Crippen molar-refractivity contribution in [1.29, 1.82) is 0 Å². The monoisotopic (exact) mass is 204 g/mol. The molecule has 6 heteroatoms. The molecule has 1 aromatic carbocycles. The van der Waals surface area contributed by atoms with E-state index in [1.807, 2.05) is 24.3 Å². The summed E-state index contributed by atoms with van der Waals surface area (Å²) in [5.41, 5.74) is 1.67. The molecule has 0 aromatic heterocycles. The molecule has 6 nitrogen and oxygen atoms in total. The Morgan fingerprint density at radius 3 is 1.73 bits per heavy atom. The summed E-state index contributed by atoms with van der Waals surface area (Å²) in [5.74, 6) is -2.36. The highest BCUT2D eigenvalue weighted by Gasteiger charge is 2.46. The molecule has 0 radical (unpaired) electrons. The Kier molecular flexibility index (Phi) is 1.30. The Bertz CT molecular complexity index is 428. The molecule has 76 valence electrons. The van der Waals surface area contributed by atoms with Crippen molar-refractivity contribution in [2.45, 2.75) is 5.91 Å². The Hall–Kier alpha value is -2.24. The van der Waals surface area contributed by atoms with E-state index in [1.54, 1.807) is 0 Å². The van der Waals surface area contributed by atoms with Crippen LogP contribution in [0.25, 0.3) is 0 Å². The number of carbonyl (C=O) groups excluding carboxylic acids is 2. The van der Waals surface area contributed by atoms with Gasteiger partial charge >= 0.3 is 11.8 Å². The molecule has 0 aliphatic carbocycles. The quantitative estimate of drug-likeness (QED) is 0.424. The summed E-state index contributed by atoms with van der Waals surface area (Å²) in [5, 5.41) is 11.0. The van der Waals surface area contributed by atoms with Crippen LogP contribution >= 0.6 is 0 Å². The van der Waals surface area contributed by atoms with Crippen LogP contribution in [0.3, 0.4) is 0 Å². The number of rotatable bonds is 0. The fourth-order valence-corrected chi connectivity index (χ4v) is 1.75. The molecule has 1 spiro atoms. The molecule has 15 heavy (non-hydrogen) atoms. The average Bonchev–Trinajstić information content (AvgIpc) is 2.66. The van der Waals surface area contributed by atoms with Crippen molar-refractivity contribution in [3.63, 3.8) is 0 Å². The zero-order chi connectivity index (χ0) is 10.5. The highest BCUT2D eigenvalue weighted by Crippen LogP contribution is 2.31. The van der Waals surface area contributed by atoms with Gasteiger partial charge in [0.25, 0.3) is 5.91 Å². The van der Waals surface area contributed by atoms with Gasteiger partial charge in [0.15, 0.2) is 0 Å². The summed E-state index contributed by atoms with van der Waals surface area (Å²) in [6.07, 6.45) is 0. The molecule has 4 N–H and O–H groups in total. The number of carbonyl (C=O) groups is 2. The second-order valence-corrected chi connectivity index (χ2v) is 3.45. The highest BCUT2D eigenvalue weighted by atomic mass is 16.2. The molecular weight excluding hydrogens is 196 g/mol. The number of fused-ring (bicyclic) bond motifs is 1. The molecule has 0 saturated carbocycles. The van der Waals surface area contributed by atoms with Gasteiger partial charge in [-0.1, -0.05) is 12.1 Å². The van der Waals surface area contributed by atoms with Crippen LogP contribution < -0.4 is 21.3 Å². The number of para-hydroxylation sites is 2. The molecule has 2 aliphatic rings. The van der Waals surface area contributed by atoms with Gasteiger partial charge in [-0.2, -0.15) is 0 Å². The largest absolute Gasteiger partial charge is 0.326 e. The summed E-state index contributed by atoms with van der Waals surface area (Å²) < 4.78 is 0. The van der Waals surface area contributed by atoms with Crippen molar-refractivity contribution in [3.8, 4) is 0 Å². The second kappa shape index (κ2) is 2.41. The van der Waals surface area contributed by atoms with Crippen LogP contribution in [0.1, 0.15) is 0 Å². The van der Waals surface area contributed by atoms with E-state index in [9.17, 15) is 9.59 Å². The predicted molar refractivity (Wildman–Crippen MR) is 52.7 cm³/mol. The van der Waals surface area contributed by atoms with Gasteiger partial charge in [-0.05, 0) is 12.1 Å². The molecule has 1 fully saturated rings. The van der Waals surface area contributed by atoms with Crippen molar-refractivity contribution in [2.75, 3.05) is 10.6 Å². The first-order chi connectivity index (χ1) is 7.19. The van der Waals surface area contributed by atoms with E-state index < -0.39 is 17.7 Å². The first kappa shape index (κ1) is 8.10. The number of hydrogen-bond acceptors (Lipinski definition) is 4. The molecular formula is C9H8N4O2. The lowest BCUT2D eigenvalue weighted by molar-refractivity contribution is -0.135. The number of amides is 2. The maximum absolute atomic E-state index is 11.1. The van der Waals surface area contributed by atoms with E-state index in [4.69, 9.17) is 0 Å². The van der Waals surface area contributed by atoms with Crippen LogP contribution in [0.4, 0.5) is 11.4 Å². The fourth-order valence-electron chi connectivity index (χ4n) is 1.75. The molecule has 0 atom stereocenters. The summed E-state index contributed by atoms with van der Waals surface area (Å²) in [6, 6.07) is 7.44. The van der Waals surface area contributed by atoms with E-state index in [1.165, 1.54) is 0 Å². The van der Waals surface area contributed by atoms with Crippen LogP contribution in [0.2, 0.25) is 0 Å². The molecule has 0 bridgehead atoms. The minimum absolute atomic E-state index is 0.650. The summed E-state index contributed by atoms with van der Waals surface area (Å²) >= 11 is 0. The smallest absolute Gasteiger partial charge is 0.314 e. The molecule has 1 saturated heterocycles. The van der Waals surface area contributed by atoms with Crippen LogP contribution in [0, 0.1) is 0 Å². The number of hydrogen-bond donors (Lipinski definition) is 4. The highest BCUT2D eigenvalue weighted by molar-refractivity contribution is 6.37. The maximum Gasteiger partial charge on any atom is 0.314 e. The van der Waals surface area contributed by atoms with E-state index in [0.29, 0.717) is 0 Å². The van der Waals surface area contributed by atoms with Crippen LogP contribution in [-0.4, -0.2) is 17.7 Å². The molecule has 3 rings (SSSR count). The van der Waals surface area contributed by atoms with E-state index >= 15 is 0 Å². The van der Waals surface area contributed by atoms with E-state index in [-0.39, 0.29) is 0 Å². The summed E-state index contributed by atoms with van der Waals surface area (Å²) in [4.78, 5) is 22.2. The van der Waals surface area contributed by atoms with Crippen molar-refractivity contribution < 1.29 is 9.59 Å². The van der Waals surface area contributed by atoms with Crippen molar-refractivity contribution >= 4 is 23.2 Å². The van der Waals surface area contributed by atoms with E-state index in [0.717, 1.165) is 11.4 Å². The van der Waals surface area contributed by atoms with Gasteiger partial charge in [0, 0.05) is 0 Å². The van der Waals surface area contributed by atoms with Crippen molar-refractivity contribution in [3.05, 3.63) is 24.3 Å². The minimum Gasteiger partial charge on any atom is -0.326 e. The first-order valence-electron chi connectivity index (χ1n) is 4.49. The first-order valence-corrected chi connectivity index (χ1v) is 4.49. The SMILES string of the molecule is O=C1NC2(NC1=O)Nc1ccccc1N2. The molecule has 2 heterocycles. The molecule has 1 aromatic rings. The van der Waals surface area contributed by atoms with Gasteiger partial charge in [-0.25, -0.2) is 0 Å². The van der Waals surface area contributed by atoms with Gasteiger partial charge in [-0.3, -0.25) is 20.2 Å². The van der Waals surface area contributed by atoms with Gasteiger partial charge in [0.1, 0.15) is 0 Å². The predicted octanol–water partition coefficient (Wildman–Crippen LogP) is -0.619. The number of benzene rings is 1. The minimum atomic E-state index is -1.06. The maximum atomic E-state index is 11.1. The number of nitrogens with one attached hydrogen (secondary N) is 4. The van der Waals surface area contributed by atoms with E-state index in [2.05, 4.69) is 21.3 Å². The summed E-state index contributed by atoms with van der Waals surface area (Å²) in [7, 11) is 0. The van der Waals surface area contributed by atoms with Crippen molar-refractivity contribution in [2.24, 2.45) is 0 Å². The zero-order valence-electron chi connectivity index (χ0n) is 7.63. The second-order valence-electron chi connectivity index (χ2n) is 3.45. The lowest BCUT2D eigenvalue weighted by atomic mass is 10.3. The third-order valence-electron chi connectivity index (χ3n) is 2.38. The Balaban J connectivity index is 1.96. The third-order valence-corrected chi connectivity index (χ3v) is 2.38. The van der Waals surface area contributed by atoms with Crippen LogP contribution in [-0.2, 0) is 9.59 Å². The Labute approximate surface area is 85.0 Å². The molecule has 2 amide bonds. The molecule has 2 aliphatic heterocycles. The average molecular weight is 204 g/mol. The normalized spacial score (nSPS) is 20.3. The fraction of sp³-hybridized carbons (Fsp3) is 0.111. The Morgan fingerprint density at radius 1 is 0.800 bits per heavy atom. The Morgan fingerprint density at radius 2 is 1.27 bits per heavy atom. The third kappa shape index (κ3) is 1.04. The van der Waals surface area contributed by atoms with Gasteiger partial charge in [0.05, 0.1) is 11.4 Å². The number of anilines is 2. The standard InChI is InChI=1S/C9H8N4O2/c14-7-8(15)13-9(12-7)10-5-3-1-2-4-6(5)11-9/h1-4,10-11H,(H,12,14)(H,13,15). The topological polar surface area (TPSA) is 82.3 Å². The van der Waals surface area contributed by atoms with Crippen LogP contribution in [0.15, 0.2) is 24.3 Å². The van der Waals surface area contributed by atoms with Gasteiger partial charge in [-0.15, -0.1) is 0 Å². The van der Waals surface area contributed by atoms with Gasteiger partial charge in [0.2, 0.25) is 0 Å². The summed E-state index contributed by atoms with van der Waals surface area (Å²) in [6.45, 7) is 0. The van der Waals surface area contributed by atoms with Crippen molar-refractivity contribution in [1.82, 2.24) is 10.6 Å². The zero-order valence-corrected chi connectivity index (χ0v) is 7.63.